The molecule has 8 nitrogen and oxygen atoms in total. The van der Waals surface area contributed by atoms with Gasteiger partial charge in [-0.1, -0.05) is 24.3 Å². The first kappa shape index (κ1) is 20.8. The monoisotopic (exact) mass is 452 g/mol. The van der Waals surface area contributed by atoms with Gasteiger partial charge in [-0.2, -0.15) is 9.40 Å². The molecule has 0 spiro atoms. The van der Waals surface area contributed by atoms with Crippen molar-refractivity contribution in [3.05, 3.63) is 69.6 Å². The Balaban J connectivity index is 1.27. The van der Waals surface area contributed by atoms with Gasteiger partial charge in [-0.15, -0.1) is 0 Å². The summed E-state index contributed by atoms with van der Waals surface area (Å²) in [5.41, 5.74) is 2.59. The van der Waals surface area contributed by atoms with Gasteiger partial charge in [0.15, 0.2) is 0 Å². The number of sulfonamides is 1. The van der Waals surface area contributed by atoms with Crippen LogP contribution in [0, 0.1) is 0 Å². The van der Waals surface area contributed by atoms with E-state index in [1.165, 1.54) is 9.87 Å². The van der Waals surface area contributed by atoms with Gasteiger partial charge in [0.2, 0.25) is 15.9 Å². The second-order valence-electron chi connectivity index (χ2n) is 8.29. The van der Waals surface area contributed by atoms with E-state index in [1.807, 2.05) is 12.1 Å². The minimum absolute atomic E-state index is 0.0505. The summed E-state index contributed by atoms with van der Waals surface area (Å²) in [7, 11) is -3.58. The maximum atomic E-state index is 13.1. The number of benzene rings is 2. The van der Waals surface area contributed by atoms with Gasteiger partial charge < -0.3 is 4.90 Å². The molecule has 1 aliphatic heterocycles. The van der Waals surface area contributed by atoms with Crippen molar-refractivity contribution in [3.63, 3.8) is 0 Å². The smallest absolute Gasteiger partial charge is 0.272 e. The van der Waals surface area contributed by atoms with Crippen molar-refractivity contribution >= 4 is 26.7 Å². The van der Waals surface area contributed by atoms with Crippen molar-refractivity contribution < 1.29 is 13.2 Å². The number of hydrogen-bond acceptors (Lipinski definition) is 5. The number of carbonyl (C=O) groups excluding carboxylic acids is 1. The molecule has 1 N–H and O–H groups in total. The van der Waals surface area contributed by atoms with E-state index in [-0.39, 0.29) is 31.0 Å². The van der Waals surface area contributed by atoms with Crippen LogP contribution in [0.5, 0.6) is 0 Å². The second-order valence-corrected chi connectivity index (χ2v) is 10.2. The summed E-state index contributed by atoms with van der Waals surface area (Å²) >= 11 is 0. The van der Waals surface area contributed by atoms with Crippen LogP contribution in [-0.2, 0) is 34.1 Å². The van der Waals surface area contributed by atoms with E-state index < -0.39 is 10.0 Å². The Hall–Kier alpha value is -3.04. The normalized spacial score (nSPS) is 16.9. The molecule has 2 heterocycles. The summed E-state index contributed by atoms with van der Waals surface area (Å²) < 4.78 is 27.7. The van der Waals surface area contributed by atoms with Gasteiger partial charge in [0, 0.05) is 31.6 Å². The molecule has 3 aromatic rings. The number of H-pyrrole nitrogens is 1. The number of nitrogens with one attached hydrogen (secondary N) is 1. The minimum Gasteiger partial charge on any atom is -0.340 e. The van der Waals surface area contributed by atoms with Crippen LogP contribution in [0.15, 0.2) is 52.2 Å². The lowest BCUT2D eigenvalue weighted by molar-refractivity contribution is -0.131. The van der Waals surface area contributed by atoms with Crippen LogP contribution in [-0.4, -0.2) is 59.9 Å². The van der Waals surface area contributed by atoms with Gasteiger partial charge >= 0.3 is 0 Å². The van der Waals surface area contributed by atoms with Crippen molar-refractivity contribution in [2.24, 2.45) is 0 Å². The van der Waals surface area contributed by atoms with Gasteiger partial charge in [0.05, 0.1) is 22.4 Å². The van der Waals surface area contributed by atoms with Gasteiger partial charge in [-0.25, -0.2) is 13.5 Å². The first-order valence-electron chi connectivity index (χ1n) is 10.8. The third kappa shape index (κ3) is 3.71. The number of nitrogens with zero attached hydrogens (tertiary/aromatic N) is 3. The molecule has 2 aromatic carbocycles. The molecule has 9 heteroatoms. The summed E-state index contributed by atoms with van der Waals surface area (Å²) in [6.45, 7) is 1.16. The fourth-order valence-corrected chi connectivity index (χ4v) is 6.07. The second kappa shape index (κ2) is 8.14. The third-order valence-electron chi connectivity index (χ3n) is 6.39. The number of aryl methyl sites for hydroxylation is 2. The average molecular weight is 453 g/mol. The zero-order valence-corrected chi connectivity index (χ0v) is 18.4. The van der Waals surface area contributed by atoms with E-state index in [0.29, 0.717) is 34.5 Å². The van der Waals surface area contributed by atoms with Crippen molar-refractivity contribution in [1.29, 1.82) is 0 Å². The zero-order chi connectivity index (χ0) is 22.3. The molecular formula is C23H24N4O4S. The largest absolute Gasteiger partial charge is 0.340 e. The predicted octanol–water partition coefficient (Wildman–Crippen LogP) is 1.49. The van der Waals surface area contributed by atoms with E-state index in [1.54, 1.807) is 35.2 Å². The number of amides is 1. The summed E-state index contributed by atoms with van der Waals surface area (Å²) in [6.07, 6.45) is 3.05. The highest BCUT2D eigenvalue weighted by Crippen LogP contribution is 2.27. The maximum absolute atomic E-state index is 13.1. The molecule has 1 saturated heterocycles. The van der Waals surface area contributed by atoms with Crippen LogP contribution < -0.4 is 5.56 Å². The quantitative estimate of drug-likeness (QED) is 0.646. The number of carbonyl (C=O) groups is 1. The van der Waals surface area contributed by atoms with E-state index in [2.05, 4.69) is 10.2 Å². The summed E-state index contributed by atoms with van der Waals surface area (Å²) in [5.74, 6) is -0.135. The summed E-state index contributed by atoms with van der Waals surface area (Å²) in [6, 6.07) is 12.5. The Morgan fingerprint density at radius 3 is 2.47 bits per heavy atom. The van der Waals surface area contributed by atoms with E-state index >= 15 is 0 Å². The van der Waals surface area contributed by atoms with Gasteiger partial charge in [0.1, 0.15) is 0 Å². The molecule has 0 bridgehead atoms. The SMILES string of the molecule is O=C(Cc1n[nH]c(=O)c2ccccc12)N1CCN(S(=O)(=O)c2ccc3c(c2)CCC3)CC1. The molecule has 166 valence electrons. The molecule has 1 aromatic heterocycles. The fraction of sp³-hybridized carbons (Fsp3) is 0.348. The number of piperazine rings is 1. The van der Waals surface area contributed by atoms with Crippen LogP contribution in [0.2, 0.25) is 0 Å². The first-order valence-corrected chi connectivity index (χ1v) is 12.2. The number of rotatable bonds is 4. The highest BCUT2D eigenvalue weighted by molar-refractivity contribution is 7.89. The van der Waals surface area contributed by atoms with E-state index in [0.717, 1.165) is 24.8 Å². The Morgan fingerprint density at radius 2 is 1.69 bits per heavy atom. The molecule has 1 amide bonds. The van der Waals surface area contributed by atoms with Crippen LogP contribution in [0.1, 0.15) is 23.2 Å². The lowest BCUT2D eigenvalue weighted by Gasteiger charge is -2.34. The zero-order valence-electron chi connectivity index (χ0n) is 17.6. The number of aromatic nitrogens is 2. The maximum Gasteiger partial charge on any atom is 0.272 e. The van der Waals surface area contributed by atoms with Gasteiger partial charge in [0.25, 0.3) is 5.56 Å². The average Bonchev–Trinajstić information content (AvgIpc) is 3.29. The number of fused-ring (bicyclic) bond motifs is 2. The molecule has 1 fully saturated rings. The number of aromatic amines is 1. The molecule has 1 aliphatic carbocycles. The Morgan fingerprint density at radius 1 is 0.969 bits per heavy atom. The van der Waals surface area contributed by atoms with Crippen LogP contribution in [0.4, 0.5) is 0 Å². The highest BCUT2D eigenvalue weighted by Gasteiger charge is 2.31. The van der Waals surface area contributed by atoms with Crippen molar-refractivity contribution in [2.75, 3.05) is 26.2 Å². The lowest BCUT2D eigenvalue weighted by Crippen LogP contribution is -2.50. The van der Waals surface area contributed by atoms with Crippen LogP contribution in [0.25, 0.3) is 10.8 Å². The van der Waals surface area contributed by atoms with Crippen molar-refractivity contribution in [2.45, 2.75) is 30.6 Å². The molecular weight excluding hydrogens is 428 g/mol. The third-order valence-corrected chi connectivity index (χ3v) is 8.29. The Labute approximate surface area is 185 Å². The summed E-state index contributed by atoms with van der Waals surface area (Å²) in [5, 5.41) is 7.67. The molecule has 5 rings (SSSR count). The van der Waals surface area contributed by atoms with Crippen LogP contribution >= 0.6 is 0 Å². The first-order chi connectivity index (χ1) is 15.4. The molecule has 0 atom stereocenters. The fourth-order valence-electron chi connectivity index (χ4n) is 4.60. The molecule has 0 radical (unpaired) electrons. The Bertz CT molecular complexity index is 1360. The van der Waals surface area contributed by atoms with E-state index in [4.69, 9.17) is 0 Å². The standard InChI is InChI=1S/C23H24N4O4S/c28-22(15-21-19-6-1-2-7-20(19)23(29)25-24-21)26-10-12-27(13-11-26)32(30,31)18-9-8-16-4-3-5-17(16)14-18/h1-2,6-9,14H,3-5,10-13,15H2,(H,25,29). The van der Waals surface area contributed by atoms with E-state index in [9.17, 15) is 18.0 Å². The minimum atomic E-state index is -3.58. The highest BCUT2D eigenvalue weighted by atomic mass is 32.2. The summed E-state index contributed by atoms with van der Waals surface area (Å²) in [4.78, 5) is 26.8. The number of hydrogen-bond donors (Lipinski definition) is 1. The lowest BCUT2D eigenvalue weighted by atomic mass is 10.1. The molecule has 2 aliphatic rings. The van der Waals surface area contributed by atoms with Gasteiger partial charge in [-0.05, 0) is 48.6 Å². The molecule has 0 unspecified atom stereocenters. The molecule has 0 saturated carbocycles. The van der Waals surface area contributed by atoms with Crippen molar-refractivity contribution in [3.8, 4) is 0 Å². The molecule has 32 heavy (non-hydrogen) atoms. The van der Waals surface area contributed by atoms with Crippen LogP contribution in [0.3, 0.4) is 0 Å². The van der Waals surface area contributed by atoms with Gasteiger partial charge in [-0.3, -0.25) is 9.59 Å². The predicted molar refractivity (Wildman–Crippen MR) is 120 cm³/mol. The topological polar surface area (TPSA) is 103 Å². The Kier molecular flexibility index (Phi) is 5.30. The van der Waals surface area contributed by atoms with Crippen molar-refractivity contribution in [1.82, 2.24) is 19.4 Å².